The Bertz CT molecular complexity index is 918. The van der Waals surface area contributed by atoms with Crippen LogP contribution in [0.25, 0.3) is 22.5 Å². The fraction of sp³-hybridized carbons (Fsp3) is 0.0625. The summed E-state index contributed by atoms with van der Waals surface area (Å²) in [5.74, 6) is 0. The molecule has 0 spiro atoms. The molecule has 8 heteroatoms. The van der Waals surface area contributed by atoms with Crippen molar-refractivity contribution in [3.63, 3.8) is 0 Å². The highest BCUT2D eigenvalue weighted by atomic mass is 35.5. The molecule has 0 bridgehead atoms. The van der Waals surface area contributed by atoms with Crippen LogP contribution >= 0.6 is 58.2 Å². The minimum Gasteiger partial charge on any atom is -0.219 e. The summed E-state index contributed by atoms with van der Waals surface area (Å²) < 4.78 is 0. The van der Waals surface area contributed by atoms with Gasteiger partial charge in [0.1, 0.15) is 11.4 Å². The molecule has 0 aliphatic carbocycles. The maximum atomic E-state index is 6.14. The molecule has 1 aromatic heterocycles. The van der Waals surface area contributed by atoms with Gasteiger partial charge in [0.2, 0.25) is 5.16 Å². The molecule has 0 saturated heterocycles. The largest absolute Gasteiger partial charge is 0.219 e. The number of rotatable bonds is 3. The van der Waals surface area contributed by atoms with Gasteiger partial charge in [0.05, 0.1) is 20.1 Å². The van der Waals surface area contributed by atoms with Crippen LogP contribution in [0, 0.1) is 0 Å². The minimum atomic E-state index is 0.435. The molecule has 0 atom stereocenters. The van der Waals surface area contributed by atoms with Gasteiger partial charge >= 0.3 is 0 Å². The van der Waals surface area contributed by atoms with Crippen molar-refractivity contribution in [1.82, 2.24) is 15.2 Å². The van der Waals surface area contributed by atoms with Crippen LogP contribution in [0.3, 0.4) is 0 Å². The quantitative estimate of drug-likeness (QED) is 0.454. The molecular weight excluding hydrogens is 408 g/mol. The number of thioether (sulfide) groups is 1. The number of halogens is 4. The summed E-state index contributed by atoms with van der Waals surface area (Å²) in [6.07, 6.45) is 1.88. The monoisotopic (exact) mass is 415 g/mol. The highest BCUT2D eigenvalue weighted by Crippen LogP contribution is 2.35. The Balaban J connectivity index is 2.22. The molecule has 3 nitrogen and oxygen atoms in total. The van der Waals surface area contributed by atoms with Crippen molar-refractivity contribution in [2.45, 2.75) is 5.16 Å². The van der Waals surface area contributed by atoms with Crippen LogP contribution in [0.4, 0.5) is 0 Å². The third kappa shape index (κ3) is 3.63. The van der Waals surface area contributed by atoms with Crippen molar-refractivity contribution in [2.24, 2.45) is 0 Å². The molecule has 3 aromatic rings. The first-order valence-corrected chi connectivity index (χ1v) is 9.43. The Morgan fingerprint density at radius 3 is 1.75 bits per heavy atom. The van der Waals surface area contributed by atoms with E-state index >= 15 is 0 Å². The third-order valence-electron chi connectivity index (χ3n) is 3.24. The van der Waals surface area contributed by atoms with Gasteiger partial charge in [-0.2, -0.15) is 0 Å². The number of hydrogen-bond donors (Lipinski definition) is 0. The highest BCUT2D eigenvalue weighted by Gasteiger charge is 2.15. The van der Waals surface area contributed by atoms with Crippen molar-refractivity contribution in [3.8, 4) is 22.5 Å². The Morgan fingerprint density at radius 2 is 1.25 bits per heavy atom. The Kier molecular flexibility index (Phi) is 5.52. The average molecular weight is 417 g/mol. The second-order valence-corrected chi connectivity index (χ2v) is 7.16. The van der Waals surface area contributed by atoms with Gasteiger partial charge in [-0.15, -0.1) is 10.2 Å². The minimum absolute atomic E-state index is 0.435. The lowest BCUT2D eigenvalue weighted by Gasteiger charge is -2.10. The maximum Gasteiger partial charge on any atom is 0.209 e. The van der Waals surface area contributed by atoms with E-state index in [1.54, 1.807) is 24.3 Å². The van der Waals surface area contributed by atoms with Gasteiger partial charge in [-0.25, -0.2) is 4.98 Å². The van der Waals surface area contributed by atoms with Crippen LogP contribution < -0.4 is 0 Å². The third-order valence-corrected chi connectivity index (χ3v) is 5.25. The summed E-state index contributed by atoms with van der Waals surface area (Å²) in [5.41, 5.74) is 2.78. The average Bonchev–Trinajstić information content (AvgIpc) is 2.59. The van der Waals surface area contributed by atoms with Crippen molar-refractivity contribution in [2.75, 3.05) is 6.26 Å². The molecule has 0 aliphatic rings. The first-order chi connectivity index (χ1) is 11.5. The summed E-state index contributed by atoms with van der Waals surface area (Å²) in [5, 5.41) is 10.8. The predicted molar refractivity (Wildman–Crippen MR) is 103 cm³/mol. The topological polar surface area (TPSA) is 38.7 Å². The highest BCUT2D eigenvalue weighted by molar-refractivity contribution is 7.98. The number of aromatic nitrogens is 3. The lowest BCUT2D eigenvalue weighted by atomic mass is 10.0. The zero-order chi connectivity index (χ0) is 17.3. The molecule has 0 amide bonds. The van der Waals surface area contributed by atoms with Gasteiger partial charge < -0.3 is 0 Å². The van der Waals surface area contributed by atoms with Crippen LogP contribution in [-0.2, 0) is 0 Å². The zero-order valence-corrected chi connectivity index (χ0v) is 16.1. The van der Waals surface area contributed by atoms with E-state index in [-0.39, 0.29) is 0 Å². The number of nitrogens with zero attached hydrogens (tertiary/aromatic N) is 3. The molecule has 0 radical (unpaired) electrons. The molecular formula is C16H9Cl4N3S. The molecule has 0 aliphatic heterocycles. The van der Waals surface area contributed by atoms with E-state index in [2.05, 4.69) is 15.2 Å². The summed E-state index contributed by atoms with van der Waals surface area (Å²) >= 11 is 25.7. The van der Waals surface area contributed by atoms with Gasteiger partial charge in [0.25, 0.3) is 0 Å². The van der Waals surface area contributed by atoms with E-state index in [9.17, 15) is 0 Å². The van der Waals surface area contributed by atoms with E-state index < -0.39 is 0 Å². The Hall–Kier alpha value is -1.04. The number of benzene rings is 2. The normalized spacial score (nSPS) is 10.9. The molecule has 122 valence electrons. The van der Waals surface area contributed by atoms with Gasteiger partial charge in [-0.1, -0.05) is 70.3 Å². The van der Waals surface area contributed by atoms with Crippen LogP contribution in [0.15, 0.2) is 41.6 Å². The first kappa shape index (κ1) is 17.8. The van der Waals surface area contributed by atoms with Crippen LogP contribution in [0.2, 0.25) is 20.1 Å². The lowest BCUT2D eigenvalue weighted by Crippen LogP contribution is -1.99. The SMILES string of the molecule is CSc1nnc(-c2ccc(Cl)c(Cl)c2)c(-c2ccc(Cl)c(Cl)c2)n1. The molecule has 0 unspecified atom stereocenters. The summed E-state index contributed by atoms with van der Waals surface area (Å²) in [6, 6.07) is 10.6. The molecule has 0 saturated carbocycles. The zero-order valence-electron chi connectivity index (χ0n) is 12.2. The Morgan fingerprint density at radius 1 is 0.708 bits per heavy atom. The van der Waals surface area contributed by atoms with Crippen molar-refractivity contribution >= 4 is 58.2 Å². The van der Waals surface area contributed by atoms with E-state index in [0.29, 0.717) is 36.6 Å². The van der Waals surface area contributed by atoms with Crippen LogP contribution in [0.5, 0.6) is 0 Å². The van der Waals surface area contributed by atoms with E-state index in [1.165, 1.54) is 11.8 Å². The molecule has 24 heavy (non-hydrogen) atoms. The molecule has 0 fully saturated rings. The van der Waals surface area contributed by atoms with Gasteiger partial charge in [-0.05, 0) is 30.5 Å². The lowest BCUT2D eigenvalue weighted by molar-refractivity contribution is 0.852. The maximum absolute atomic E-state index is 6.14. The second-order valence-electron chi connectivity index (χ2n) is 4.75. The van der Waals surface area contributed by atoms with E-state index in [1.807, 2.05) is 18.4 Å². The fourth-order valence-electron chi connectivity index (χ4n) is 2.08. The van der Waals surface area contributed by atoms with Crippen molar-refractivity contribution in [1.29, 1.82) is 0 Å². The smallest absolute Gasteiger partial charge is 0.209 e. The van der Waals surface area contributed by atoms with Crippen LogP contribution in [0.1, 0.15) is 0 Å². The molecule has 2 aromatic carbocycles. The fourth-order valence-corrected chi connectivity index (χ4v) is 2.98. The molecule has 3 rings (SSSR count). The van der Waals surface area contributed by atoms with Gasteiger partial charge in [0.15, 0.2) is 0 Å². The predicted octanol–water partition coefficient (Wildman–Crippen LogP) is 6.54. The first-order valence-electron chi connectivity index (χ1n) is 6.69. The van der Waals surface area contributed by atoms with Gasteiger partial charge in [0, 0.05) is 11.1 Å². The molecule has 1 heterocycles. The summed E-state index contributed by atoms with van der Waals surface area (Å²) in [4.78, 5) is 4.57. The summed E-state index contributed by atoms with van der Waals surface area (Å²) in [7, 11) is 0. The standard InChI is InChI=1S/C16H9Cl4N3S/c1-24-16-21-14(8-2-4-10(17)12(19)6-8)15(22-23-16)9-3-5-11(18)13(20)7-9/h2-7H,1H3. The summed E-state index contributed by atoms with van der Waals surface area (Å²) in [6.45, 7) is 0. The van der Waals surface area contributed by atoms with Crippen molar-refractivity contribution < 1.29 is 0 Å². The van der Waals surface area contributed by atoms with Crippen LogP contribution in [-0.4, -0.2) is 21.4 Å². The molecule has 0 N–H and O–H groups in total. The van der Waals surface area contributed by atoms with Crippen molar-refractivity contribution in [3.05, 3.63) is 56.5 Å². The van der Waals surface area contributed by atoms with E-state index in [0.717, 1.165) is 11.1 Å². The van der Waals surface area contributed by atoms with E-state index in [4.69, 9.17) is 46.4 Å². The van der Waals surface area contributed by atoms with Gasteiger partial charge in [-0.3, -0.25) is 0 Å². The number of hydrogen-bond acceptors (Lipinski definition) is 4. The Labute approximate surface area is 163 Å². The second kappa shape index (κ2) is 7.46.